The van der Waals surface area contributed by atoms with Gasteiger partial charge < -0.3 is 10.2 Å². The minimum atomic E-state index is -0.0824. The van der Waals surface area contributed by atoms with Crippen LogP contribution in [-0.4, -0.2) is 23.3 Å². The van der Waals surface area contributed by atoms with E-state index < -0.39 is 0 Å². The Hall–Kier alpha value is -2.62. The number of aryl methyl sites for hydroxylation is 3. The van der Waals surface area contributed by atoms with E-state index in [1.807, 2.05) is 57.2 Å². The first-order valence-electron chi connectivity index (χ1n) is 8.53. The Kier molecular flexibility index (Phi) is 6.34. The van der Waals surface area contributed by atoms with Crippen LogP contribution in [0.15, 0.2) is 42.5 Å². The summed E-state index contributed by atoms with van der Waals surface area (Å²) in [7, 11) is 0. The Morgan fingerprint density at radius 1 is 1.00 bits per heavy atom. The lowest BCUT2D eigenvalue weighted by atomic mass is 10.1. The summed E-state index contributed by atoms with van der Waals surface area (Å²) in [5.74, 6) is -0.108. The SMILES string of the molecule is CC(=O)N(CCC(=O)Nc1cc(C)cc(C)c1)Cc1ccccc1C. The highest BCUT2D eigenvalue weighted by atomic mass is 16.2. The first kappa shape index (κ1) is 18.7. The van der Waals surface area contributed by atoms with Crippen LogP contribution in [0.5, 0.6) is 0 Å². The van der Waals surface area contributed by atoms with Crippen molar-refractivity contribution >= 4 is 17.5 Å². The molecule has 4 nitrogen and oxygen atoms in total. The Balaban J connectivity index is 1.95. The number of hydrogen-bond acceptors (Lipinski definition) is 2. The predicted octanol–water partition coefficient (Wildman–Crippen LogP) is 3.99. The minimum Gasteiger partial charge on any atom is -0.338 e. The van der Waals surface area contributed by atoms with Crippen LogP contribution in [-0.2, 0) is 16.1 Å². The Bertz CT molecular complexity index is 748. The van der Waals surface area contributed by atoms with Crippen molar-refractivity contribution in [3.8, 4) is 0 Å². The molecule has 2 aromatic carbocycles. The average molecular weight is 338 g/mol. The molecule has 132 valence electrons. The van der Waals surface area contributed by atoms with Gasteiger partial charge in [-0.15, -0.1) is 0 Å². The summed E-state index contributed by atoms with van der Waals surface area (Å²) in [6.07, 6.45) is 0.276. The van der Waals surface area contributed by atoms with E-state index in [0.717, 1.165) is 27.9 Å². The van der Waals surface area contributed by atoms with Gasteiger partial charge in [0.1, 0.15) is 0 Å². The molecule has 0 aliphatic rings. The summed E-state index contributed by atoms with van der Waals surface area (Å²) in [6.45, 7) is 8.50. The summed E-state index contributed by atoms with van der Waals surface area (Å²) in [6, 6.07) is 13.9. The quantitative estimate of drug-likeness (QED) is 0.866. The Morgan fingerprint density at radius 2 is 1.64 bits per heavy atom. The lowest BCUT2D eigenvalue weighted by Crippen LogP contribution is -2.31. The zero-order valence-electron chi connectivity index (χ0n) is 15.4. The average Bonchev–Trinajstić information content (AvgIpc) is 2.51. The van der Waals surface area contributed by atoms with Crippen molar-refractivity contribution in [2.75, 3.05) is 11.9 Å². The van der Waals surface area contributed by atoms with E-state index in [4.69, 9.17) is 0 Å². The van der Waals surface area contributed by atoms with Gasteiger partial charge in [0.2, 0.25) is 11.8 Å². The zero-order chi connectivity index (χ0) is 18.4. The molecule has 0 aliphatic heterocycles. The van der Waals surface area contributed by atoms with Gasteiger partial charge in [0.05, 0.1) is 0 Å². The highest BCUT2D eigenvalue weighted by Gasteiger charge is 2.13. The smallest absolute Gasteiger partial charge is 0.226 e. The second-order valence-electron chi connectivity index (χ2n) is 6.54. The molecule has 0 aliphatic carbocycles. The second kappa shape index (κ2) is 8.47. The molecule has 0 atom stereocenters. The number of carbonyl (C=O) groups excluding carboxylic acids is 2. The van der Waals surface area contributed by atoms with E-state index >= 15 is 0 Å². The van der Waals surface area contributed by atoms with Crippen molar-refractivity contribution in [3.05, 3.63) is 64.7 Å². The van der Waals surface area contributed by atoms with Crippen LogP contribution in [0, 0.1) is 20.8 Å². The molecule has 4 heteroatoms. The van der Waals surface area contributed by atoms with Crippen molar-refractivity contribution in [2.24, 2.45) is 0 Å². The normalized spacial score (nSPS) is 10.4. The second-order valence-corrected chi connectivity index (χ2v) is 6.54. The van der Waals surface area contributed by atoms with Gasteiger partial charge in [0.15, 0.2) is 0 Å². The maximum atomic E-state index is 12.2. The fourth-order valence-corrected chi connectivity index (χ4v) is 2.85. The van der Waals surface area contributed by atoms with E-state index in [2.05, 4.69) is 11.4 Å². The third kappa shape index (κ3) is 5.75. The summed E-state index contributed by atoms with van der Waals surface area (Å²) < 4.78 is 0. The van der Waals surface area contributed by atoms with Gasteiger partial charge in [-0.25, -0.2) is 0 Å². The summed E-state index contributed by atoms with van der Waals surface area (Å²) in [5.41, 5.74) is 5.28. The monoisotopic (exact) mass is 338 g/mol. The number of nitrogens with zero attached hydrogens (tertiary/aromatic N) is 1. The van der Waals surface area contributed by atoms with E-state index in [1.54, 1.807) is 11.8 Å². The molecular weight excluding hydrogens is 312 g/mol. The first-order valence-corrected chi connectivity index (χ1v) is 8.53. The van der Waals surface area contributed by atoms with Gasteiger partial charge in [0.25, 0.3) is 0 Å². The molecule has 0 saturated heterocycles. The van der Waals surface area contributed by atoms with Crippen LogP contribution >= 0.6 is 0 Å². The lowest BCUT2D eigenvalue weighted by molar-refractivity contribution is -0.129. The maximum absolute atomic E-state index is 12.2. The topological polar surface area (TPSA) is 49.4 Å². The minimum absolute atomic E-state index is 0.0255. The summed E-state index contributed by atoms with van der Waals surface area (Å²) >= 11 is 0. The van der Waals surface area contributed by atoms with Gasteiger partial charge in [0, 0.05) is 32.1 Å². The van der Waals surface area contributed by atoms with Gasteiger partial charge in [-0.1, -0.05) is 30.3 Å². The third-order valence-corrected chi connectivity index (χ3v) is 4.18. The number of rotatable bonds is 6. The van der Waals surface area contributed by atoms with E-state index in [-0.39, 0.29) is 18.2 Å². The molecule has 0 bridgehead atoms. The van der Waals surface area contributed by atoms with Gasteiger partial charge in [-0.2, -0.15) is 0 Å². The molecule has 0 unspecified atom stereocenters. The van der Waals surface area contributed by atoms with E-state index in [0.29, 0.717) is 13.1 Å². The van der Waals surface area contributed by atoms with Crippen LogP contribution in [0.2, 0.25) is 0 Å². The molecule has 1 N–H and O–H groups in total. The molecule has 2 rings (SSSR count). The molecular formula is C21H26N2O2. The number of benzene rings is 2. The molecule has 0 heterocycles. The summed E-state index contributed by atoms with van der Waals surface area (Å²) in [5, 5.41) is 2.92. The highest BCUT2D eigenvalue weighted by Crippen LogP contribution is 2.15. The molecule has 0 saturated carbocycles. The molecule has 2 aromatic rings. The molecule has 0 aromatic heterocycles. The lowest BCUT2D eigenvalue weighted by Gasteiger charge is -2.22. The Morgan fingerprint density at radius 3 is 2.24 bits per heavy atom. The van der Waals surface area contributed by atoms with Crippen molar-refractivity contribution < 1.29 is 9.59 Å². The molecule has 25 heavy (non-hydrogen) atoms. The molecule has 2 amide bonds. The third-order valence-electron chi connectivity index (χ3n) is 4.18. The number of nitrogens with one attached hydrogen (secondary N) is 1. The van der Waals surface area contributed by atoms with Crippen LogP contribution in [0.1, 0.15) is 35.6 Å². The molecule has 0 spiro atoms. The van der Waals surface area contributed by atoms with Crippen LogP contribution < -0.4 is 5.32 Å². The van der Waals surface area contributed by atoms with Crippen LogP contribution in [0.3, 0.4) is 0 Å². The van der Waals surface area contributed by atoms with Crippen LogP contribution in [0.4, 0.5) is 5.69 Å². The van der Waals surface area contributed by atoms with Crippen molar-refractivity contribution in [1.82, 2.24) is 4.90 Å². The molecule has 0 fully saturated rings. The van der Waals surface area contributed by atoms with Gasteiger partial charge in [-0.05, 0) is 55.2 Å². The standard InChI is InChI=1S/C21H26N2O2/c1-15-11-16(2)13-20(12-15)22-21(25)9-10-23(18(4)24)14-19-8-6-5-7-17(19)3/h5-8,11-13H,9-10,14H2,1-4H3,(H,22,25). The van der Waals surface area contributed by atoms with Gasteiger partial charge >= 0.3 is 0 Å². The number of anilines is 1. The highest BCUT2D eigenvalue weighted by molar-refractivity contribution is 5.91. The van der Waals surface area contributed by atoms with E-state index in [1.165, 1.54) is 0 Å². The zero-order valence-corrected chi connectivity index (χ0v) is 15.4. The van der Waals surface area contributed by atoms with Crippen molar-refractivity contribution in [1.29, 1.82) is 0 Å². The number of hydrogen-bond donors (Lipinski definition) is 1. The van der Waals surface area contributed by atoms with Crippen LogP contribution in [0.25, 0.3) is 0 Å². The summed E-state index contributed by atoms with van der Waals surface area (Å²) in [4.78, 5) is 25.9. The van der Waals surface area contributed by atoms with Crippen molar-refractivity contribution in [2.45, 2.75) is 40.7 Å². The largest absolute Gasteiger partial charge is 0.338 e. The molecule has 0 radical (unpaired) electrons. The van der Waals surface area contributed by atoms with Crippen molar-refractivity contribution in [3.63, 3.8) is 0 Å². The first-order chi connectivity index (χ1) is 11.8. The fraction of sp³-hybridized carbons (Fsp3) is 0.333. The number of carbonyl (C=O) groups is 2. The number of amides is 2. The van der Waals surface area contributed by atoms with Gasteiger partial charge in [-0.3, -0.25) is 9.59 Å². The Labute approximate surface area is 149 Å². The fourth-order valence-electron chi connectivity index (χ4n) is 2.85. The predicted molar refractivity (Wildman–Crippen MR) is 101 cm³/mol. The van der Waals surface area contributed by atoms with E-state index in [9.17, 15) is 9.59 Å². The maximum Gasteiger partial charge on any atom is 0.226 e.